The van der Waals surface area contributed by atoms with Crippen molar-refractivity contribution in [3.63, 3.8) is 0 Å². The molecule has 2 aromatic rings. The van der Waals surface area contributed by atoms with E-state index in [2.05, 4.69) is 63.2 Å². The summed E-state index contributed by atoms with van der Waals surface area (Å²) in [6, 6.07) is 18.8. The van der Waals surface area contributed by atoms with Crippen LogP contribution in [0.4, 0.5) is 0 Å². The second-order valence-electron chi connectivity index (χ2n) is 8.69. The van der Waals surface area contributed by atoms with E-state index in [1.165, 1.54) is 11.1 Å². The van der Waals surface area contributed by atoms with Gasteiger partial charge in [-0.25, -0.2) is 0 Å². The van der Waals surface area contributed by atoms with Gasteiger partial charge in [0.1, 0.15) is 12.4 Å². The molecule has 2 aromatic carbocycles. The fourth-order valence-corrected chi connectivity index (χ4v) is 3.37. The van der Waals surface area contributed by atoms with Crippen LogP contribution in [0.25, 0.3) is 0 Å². The van der Waals surface area contributed by atoms with Gasteiger partial charge in [0.05, 0.1) is 18.3 Å². The predicted molar refractivity (Wildman–Crippen MR) is 127 cm³/mol. The van der Waals surface area contributed by atoms with Gasteiger partial charge >= 0.3 is 0 Å². The summed E-state index contributed by atoms with van der Waals surface area (Å²) in [5.74, 6) is 0.901. The Morgan fingerprint density at radius 3 is 2.39 bits per heavy atom. The van der Waals surface area contributed by atoms with Crippen molar-refractivity contribution in [1.82, 2.24) is 0 Å². The maximum Gasteiger partial charge on any atom is 0.119 e. The highest BCUT2D eigenvalue weighted by Gasteiger charge is 2.17. The zero-order valence-corrected chi connectivity index (χ0v) is 19.8. The third-order valence-corrected chi connectivity index (χ3v) is 5.31. The van der Waals surface area contributed by atoms with Gasteiger partial charge in [0.25, 0.3) is 0 Å². The molecular weight excluding hydrogens is 388 g/mol. The molecule has 0 radical (unpaired) electrons. The lowest BCUT2D eigenvalue weighted by Gasteiger charge is -2.25. The van der Waals surface area contributed by atoms with Gasteiger partial charge in [-0.2, -0.15) is 0 Å². The van der Waals surface area contributed by atoms with E-state index >= 15 is 0 Å². The van der Waals surface area contributed by atoms with Gasteiger partial charge in [-0.05, 0) is 76.1 Å². The highest BCUT2D eigenvalue weighted by atomic mass is 16.5. The van der Waals surface area contributed by atoms with E-state index in [-0.39, 0.29) is 11.7 Å². The maximum absolute atomic E-state index is 5.97. The summed E-state index contributed by atoms with van der Waals surface area (Å²) in [5, 5.41) is 0. The SMILES string of the molecule is COCCC(C)(C)OCCCCC(C)OCCOc1cccc(Cc2ccccc2)c1. The minimum absolute atomic E-state index is 0.117. The lowest BCUT2D eigenvalue weighted by atomic mass is 10.1. The Balaban J connectivity index is 1.55. The molecule has 4 heteroatoms. The average Bonchev–Trinajstić information content (AvgIpc) is 2.76. The molecule has 172 valence electrons. The summed E-state index contributed by atoms with van der Waals surface area (Å²) < 4.78 is 22.9. The normalized spacial score (nSPS) is 12.6. The van der Waals surface area contributed by atoms with Crippen molar-refractivity contribution in [3.05, 3.63) is 65.7 Å². The first kappa shape index (κ1) is 25.4. The predicted octanol–water partition coefficient (Wildman–Crippen LogP) is 6.06. The molecular formula is C27H40O4. The third-order valence-electron chi connectivity index (χ3n) is 5.31. The van der Waals surface area contributed by atoms with Gasteiger partial charge < -0.3 is 18.9 Å². The van der Waals surface area contributed by atoms with Gasteiger partial charge in [0, 0.05) is 20.3 Å². The standard InChI is InChI=1S/C27H40O4/c1-23(11-8-9-17-31-27(2,3)16-18-28-4)29-19-20-30-26-15-10-14-25(22-26)21-24-12-6-5-7-13-24/h5-7,10,12-15,22-23H,8-9,11,16-21H2,1-4H3. The van der Waals surface area contributed by atoms with E-state index in [1.807, 2.05) is 12.1 Å². The van der Waals surface area contributed by atoms with Gasteiger partial charge in [0.2, 0.25) is 0 Å². The highest BCUT2D eigenvalue weighted by Crippen LogP contribution is 2.17. The quantitative estimate of drug-likeness (QED) is 0.304. The fraction of sp³-hybridized carbons (Fsp3) is 0.556. The smallest absolute Gasteiger partial charge is 0.119 e. The molecule has 0 saturated carbocycles. The van der Waals surface area contributed by atoms with Gasteiger partial charge in [-0.1, -0.05) is 42.5 Å². The minimum atomic E-state index is -0.117. The number of rotatable bonds is 16. The lowest BCUT2D eigenvalue weighted by Crippen LogP contribution is -2.26. The number of hydrogen-bond acceptors (Lipinski definition) is 4. The zero-order valence-electron chi connectivity index (χ0n) is 19.8. The van der Waals surface area contributed by atoms with Crippen LogP contribution < -0.4 is 4.74 Å². The molecule has 2 rings (SSSR count). The number of unbranched alkanes of at least 4 members (excludes halogenated alkanes) is 1. The molecule has 0 saturated heterocycles. The van der Waals surface area contributed by atoms with E-state index in [0.717, 1.165) is 51.1 Å². The highest BCUT2D eigenvalue weighted by molar-refractivity contribution is 5.32. The Morgan fingerprint density at radius 1 is 0.839 bits per heavy atom. The van der Waals surface area contributed by atoms with Crippen LogP contribution in [0.1, 0.15) is 57.6 Å². The summed E-state index contributed by atoms with van der Waals surface area (Å²) in [5.41, 5.74) is 2.44. The molecule has 0 heterocycles. The largest absolute Gasteiger partial charge is 0.491 e. The Kier molecular flexibility index (Phi) is 11.7. The molecule has 0 amide bonds. The minimum Gasteiger partial charge on any atom is -0.491 e. The van der Waals surface area contributed by atoms with Crippen LogP contribution in [-0.4, -0.2) is 45.2 Å². The molecule has 0 aliphatic heterocycles. The Morgan fingerprint density at radius 2 is 1.61 bits per heavy atom. The van der Waals surface area contributed by atoms with E-state index in [0.29, 0.717) is 13.2 Å². The molecule has 0 aromatic heterocycles. The first-order valence-corrected chi connectivity index (χ1v) is 11.5. The zero-order chi connectivity index (χ0) is 22.4. The van der Waals surface area contributed by atoms with Crippen LogP contribution in [0.5, 0.6) is 5.75 Å². The first-order valence-electron chi connectivity index (χ1n) is 11.5. The van der Waals surface area contributed by atoms with Crippen LogP contribution in [0.2, 0.25) is 0 Å². The number of methoxy groups -OCH3 is 1. The Hall–Kier alpha value is -1.88. The lowest BCUT2D eigenvalue weighted by molar-refractivity contribution is -0.0390. The average molecular weight is 429 g/mol. The van der Waals surface area contributed by atoms with E-state index in [1.54, 1.807) is 7.11 Å². The van der Waals surface area contributed by atoms with Crippen molar-refractivity contribution in [3.8, 4) is 5.75 Å². The van der Waals surface area contributed by atoms with Gasteiger partial charge in [0.15, 0.2) is 0 Å². The Bertz CT molecular complexity index is 714. The summed E-state index contributed by atoms with van der Waals surface area (Å²) >= 11 is 0. The van der Waals surface area contributed by atoms with E-state index < -0.39 is 0 Å². The number of ether oxygens (including phenoxy) is 4. The molecule has 0 spiro atoms. The third kappa shape index (κ3) is 11.3. The van der Waals surface area contributed by atoms with Gasteiger partial charge in [-0.3, -0.25) is 0 Å². The second-order valence-corrected chi connectivity index (χ2v) is 8.69. The maximum atomic E-state index is 5.97. The van der Waals surface area contributed by atoms with Crippen molar-refractivity contribution in [1.29, 1.82) is 0 Å². The first-order chi connectivity index (χ1) is 15.0. The van der Waals surface area contributed by atoms with Crippen LogP contribution in [-0.2, 0) is 20.6 Å². The molecule has 4 nitrogen and oxygen atoms in total. The van der Waals surface area contributed by atoms with E-state index in [4.69, 9.17) is 18.9 Å². The van der Waals surface area contributed by atoms with Crippen LogP contribution in [0.15, 0.2) is 54.6 Å². The summed E-state index contributed by atoms with van der Waals surface area (Å²) in [4.78, 5) is 0. The molecule has 1 atom stereocenters. The summed E-state index contributed by atoms with van der Waals surface area (Å²) in [6.07, 6.45) is 5.25. The molecule has 0 fully saturated rings. The van der Waals surface area contributed by atoms with Crippen molar-refractivity contribution >= 4 is 0 Å². The molecule has 0 bridgehead atoms. The molecule has 0 aliphatic rings. The van der Waals surface area contributed by atoms with Crippen molar-refractivity contribution < 1.29 is 18.9 Å². The number of benzene rings is 2. The molecule has 31 heavy (non-hydrogen) atoms. The van der Waals surface area contributed by atoms with Crippen LogP contribution >= 0.6 is 0 Å². The summed E-state index contributed by atoms with van der Waals surface area (Å²) in [7, 11) is 1.73. The van der Waals surface area contributed by atoms with Crippen LogP contribution in [0, 0.1) is 0 Å². The van der Waals surface area contributed by atoms with Crippen molar-refractivity contribution in [2.24, 2.45) is 0 Å². The fourth-order valence-electron chi connectivity index (χ4n) is 3.37. The number of hydrogen-bond donors (Lipinski definition) is 0. The Labute approximate surface area is 188 Å². The topological polar surface area (TPSA) is 36.9 Å². The van der Waals surface area contributed by atoms with Crippen LogP contribution in [0.3, 0.4) is 0 Å². The van der Waals surface area contributed by atoms with E-state index in [9.17, 15) is 0 Å². The molecule has 0 N–H and O–H groups in total. The molecule has 0 aliphatic carbocycles. The van der Waals surface area contributed by atoms with Gasteiger partial charge in [-0.15, -0.1) is 0 Å². The summed E-state index contributed by atoms with van der Waals surface area (Å²) in [6.45, 7) is 9.05. The van der Waals surface area contributed by atoms with Crippen molar-refractivity contribution in [2.75, 3.05) is 33.5 Å². The molecule has 1 unspecified atom stereocenters. The second kappa shape index (κ2) is 14.2. The van der Waals surface area contributed by atoms with Crippen molar-refractivity contribution in [2.45, 2.75) is 64.6 Å². The monoisotopic (exact) mass is 428 g/mol.